The summed E-state index contributed by atoms with van der Waals surface area (Å²) in [4.78, 5) is 4.71. The molecule has 0 heterocycles. The van der Waals surface area contributed by atoms with Crippen LogP contribution in [0.15, 0.2) is 133 Å². The molecule has 262 valence electrons. The number of nitriles is 2. The van der Waals surface area contributed by atoms with Crippen LogP contribution < -0.4 is 9.80 Å². The highest BCUT2D eigenvalue weighted by molar-refractivity contribution is 6.29. The first-order chi connectivity index (χ1) is 26.5. The fourth-order valence-corrected chi connectivity index (χ4v) is 8.04. The smallest absolute Gasteiger partial charge is 0.0991 e. The van der Waals surface area contributed by atoms with Crippen LogP contribution in [0.25, 0.3) is 32.3 Å². The van der Waals surface area contributed by atoms with Gasteiger partial charge in [0.05, 0.1) is 34.6 Å². The third kappa shape index (κ3) is 5.87. The number of aryl methyl sites for hydroxylation is 4. The molecule has 8 rings (SSSR count). The van der Waals surface area contributed by atoms with Crippen molar-refractivity contribution in [3.05, 3.63) is 167 Å². The summed E-state index contributed by atoms with van der Waals surface area (Å²) in [5.74, 6) is 0. The van der Waals surface area contributed by atoms with Gasteiger partial charge in [0.15, 0.2) is 0 Å². The fourth-order valence-electron chi connectivity index (χ4n) is 8.04. The summed E-state index contributed by atoms with van der Waals surface area (Å²) in [6.45, 7) is 8.85. The topological polar surface area (TPSA) is 54.1 Å². The number of hydrogen-bond acceptors (Lipinski definition) is 4. The minimum atomic E-state index is 0.639. The van der Waals surface area contributed by atoms with E-state index in [2.05, 4.69) is 159 Å². The van der Waals surface area contributed by atoms with Gasteiger partial charge in [-0.3, -0.25) is 0 Å². The molecule has 0 N–H and O–H groups in total. The van der Waals surface area contributed by atoms with Crippen molar-refractivity contribution in [1.29, 1.82) is 10.5 Å². The van der Waals surface area contributed by atoms with Crippen LogP contribution in [0.4, 0.5) is 34.1 Å². The Kier molecular flexibility index (Phi) is 9.20. The highest BCUT2D eigenvalue weighted by Gasteiger charge is 2.24. The molecule has 0 aliphatic carbocycles. The van der Waals surface area contributed by atoms with E-state index in [-0.39, 0.29) is 0 Å². The molecule has 0 amide bonds. The molecule has 4 nitrogen and oxygen atoms in total. The molecule has 0 radical (unpaired) electrons. The predicted molar refractivity (Wildman–Crippen MR) is 226 cm³/mol. The Hall–Kier alpha value is -6.62. The lowest BCUT2D eigenvalue weighted by atomic mass is 9.86. The minimum Gasteiger partial charge on any atom is -0.310 e. The Morgan fingerprint density at radius 2 is 0.704 bits per heavy atom. The summed E-state index contributed by atoms with van der Waals surface area (Å²) in [7, 11) is 0. The molecular formula is C50H42N4. The maximum atomic E-state index is 9.64. The van der Waals surface area contributed by atoms with E-state index < -0.39 is 0 Å². The maximum absolute atomic E-state index is 9.64. The number of anilines is 6. The molecular weight excluding hydrogens is 657 g/mol. The quantitative estimate of drug-likeness (QED) is 0.133. The lowest BCUT2D eigenvalue weighted by molar-refractivity contribution is 1.13. The number of hydrogen-bond donors (Lipinski definition) is 0. The van der Waals surface area contributed by atoms with Gasteiger partial charge >= 0.3 is 0 Å². The van der Waals surface area contributed by atoms with Crippen LogP contribution in [0, 0.1) is 22.7 Å². The van der Waals surface area contributed by atoms with Crippen molar-refractivity contribution in [3.8, 4) is 12.1 Å². The van der Waals surface area contributed by atoms with Gasteiger partial charge < -0.3 is 9.80 Å². The van der Waals surface area contributed by atoms with E-state index in [1.807, 2.05) is 24.3 Å². The summed E-state index contributed by atoms with van der Waals surface area (Å²) in [6.07, 6.45) is 3.71. The molecule has 0 aliphatic heterocycles. The van der Waals surface area contributed by atoms with Gasteiger partial charge in [-0.25, -0.2) is 0 Å². The second kappa shape index (κ2) is 14.4. The van der Waals surface area contributed by atoms with Gasteiger partial charge in [0.1, 0.15) is 0 Å². The Balaban J connectivity index is 1.45. The van der Waals surface area contributed by atoms with Gasteiger partial charge in [0.2, 0.25) is 0 Å². The molecule has 0 aliphatic rings. The van der Waals surface area contributed by atoms with Gasteiger partial charge in [-0.2, -0.15) is 10.5 Å². The largest absolute Gasteiger partial charge is 0.310 e. The summed E-state index contributed by atoms with van der Waals surface area (Å²) in [5, 5.41) is 26.7. The van der Waals surface area contributed by atoms with Crippen LogP contribution in [0.1, 0.15) is 61.1 Å². The van der Waals surface area contributed by atoms with Crippen molar-refractivity contribution in [3.63, 3.8) is 0 Å². The lowest BCUT2D eigenvalue weighted by Gasteiger charge is -2.31. The maximum Gasteiger partial charge on any atom is 0.0991 e. The third-order valence-corrected chi connectivity index (χ3v) is 11.0. The van der Waals surface area contributed by atoms with Crippen molar-refractivity contribution in [2.24, 2.45) is 0 Å². The third-order valence-electron chi connectivity index (χ3n) is 11.0. The fraction of sp³-hybridized carbons (Fsp3) is 0.160. The van der Waals surface area contributed by atoms with Crippen LogP contribution >= 0.6 is 0 Å². The van der Waals surface area contributed by atoms with E-state index in [1.54, 1.807) is 0 Å². The van der Waals surface area contributed by atoms with Gasteiger partial charge in [0.25, 0.3) is 0 Å². The average molecular weight is 699 g/mol. The molecule has 0 fully saturated rings. The van der Waals surface area contributed by atoms with Gasteiger partial charge in [-0.05, 0) is 154 Å². The molecule has 0 bridgehead atoms. The molecule has 0 spiro atoms. The minimum absolute atomic E-state index is 0.639. The van der Waals surface area contributed by atoms with E-state index in [0.29, 0.717) is 11.1 Å². The van der Waals surface area contributed by atoms with Crippen molar-refractivity contribution in [1.82, 2.24) is 0 Å². The van der Waals surface area contributed by atoms with Crippen LogP contribution in [0.5, 0.6) is 0 Å². The lowest BCUT2D eigenvalue weighted by Crippen LogP contribution is -2.12. The van der Waals surface area contributed by atoms with E-state index in [1.165, 1.54) is 54.6 Å². The first kappa shape index (κ1) is 34.5. The molecule has 8 aromatic rings. The first-order valence-electron chi connectivity index (χ1n) is 19.0. The van der Waals surface area contributed by atoms with Gasteiger partial charge in [-0.1, -0.05) is 76.2 Å². The summed E-state index contributed by atoms with van der Waals surface area (Å²) in [6, 6.07) is 52.2. The van der Waals surface area contributed by atoms with Crippen LogP contribution in [0.2, 0.25) is 0 Å². The second-order valence-corrected chi connectivity index (χ2v) is 13.9. The molecule has 0 unspecified atom stereocenters. The van der Waals surface area contributed by atoms with Crippen molar-refractivity contribution >= 4 is 66.4 Å². The monoisotopic (exact) mass is 698 g/mol. The normalized spacial score (nSPS) is 11.2. The molecule has 0 saturated heterocycles. The Morgan fingerprint density at radius 1 is 0.389 bits per heavy atom. The zero-order valence-corrected chi connectivity index (χ0v) is 31.3. The van der Waals surface area contributed by atoms with E-state index in [9.17, 15) is 10.5 Å². The average Bonchev–Trinajstić information content (AvgIpc) is 3.24. The standard InChI is InChI=1S/C50H42N4/c1-5-33-9-17-39(18-10-33)53(41-21-13-35(31-51)14-22-41)47-29-37(7-3)43-26-28-46-48(30-38(8-4)44-25-27-45(47)49(43)50(44)46)54(40-19-11-34(6-2)12-20-40)42-23-15-36(32-52)16-24-42/h9-30H,5-8H2,1-4H3. The molecule has 0 aromatic heterocycles. The van der Waals surface area contributed by atoms with Crippen molar-refractivity contribution in [2.45, 2.75) is 53.4 Å². The number of benzene rings is 8. The summed E-state index contributed by atoms with van der Waals surface area (Å²) < 4.78 is 0. The second-order valence-electron chi connectivity index (χ2n) is 13.9. The Bertz CT molecular complexity index is 2500. The van der Waals surface area contributed by atoms with Gasteiger partial charge in [-0.15, -0.1) is 0 Å². The molecule has 0 saturated carbocycles. The molecule has 0 atom stereocenters. The summed E-state index contributed by atoms with van der Waals surface area (Å²) >= 11 is 0. The van der Waals surface area contributed by atoms with Crippen LogP contribution in [0.3, 0.4) is 0 Å². The summed E-state index contributed by atoms with van der Waals surface area (Å²) in [5.41, 5.74) is 12.8. The number of rotatable bonds is 10. The highest BCUT2D eigenvalue weighted by Crippen LogP contribution is 2.49. The number of nitrogens with zero attached hydrogens (tertiary/aromatic N) is 4. The van der Waals surface area contributed by atoms with Crippen molar-refractivity contribution in [2.75, 3.05) is 9.80 Å². The van der Waals surface area contributed by atoms with Crippen molar-refractivity contribution < 1.29 is 0 Å². The molecule has 54 heavy (non-hydrogen) atoms. The SMILES string of the molecule is CCc1ccc(N(c2ccc(C#N)cc2)c2cc(CC)c3ccc4c(N(c5ccc(C#N)cc5)c5ccc(CC)cc5)cc(CC)c5ccc2c3c54)cc1. The van der Waals surface area contributed by atoms with Gasteiger partial charge in [0, 0.05) is 33.5 Å². The first-order valence-corrected chi connectivity index (χ1v) is 19.0. The molecule has 4 heteroatoms. The van der Waals surface area contributed by atoms with Crippen LogP contribution in [-0.2, 0) is 25.7 Å². The van der Waals surface area contributed by atoms with E-state index >= 15 is 0 Å². The Morgan fingerprint density at radius 3 is 1.00 bits per heavy atom. The molecule has 8 aromatic carbocycles. The van der Waals surface area contributed by atoms with E-state index in [4.69, 9.17) is 0 Å². The zero-order chi connectivity index (χ0) is 37.3. The zero-order valence-electron chi connectivity index (χ0n) is 31.3. The van der Waals surface area contributed by atoms with Crippen LogP contribution in [-0.4, -0.2) is 0 Å². The highest BCUT2D eigenvalue weighted by atomic mass is 15.1. The predicted octanol–water partition coefficient (Wildman–Crippen LogP) is 13.5. The van der Waals surface area contributed by atoms with E-state index in [0.717, 1.165) is 59.8 Å². The Labute approximate surface area is 318 Å².